The summed E-state index contributed by atoms with van der Waals surface area (Å²) in [4.78, 5) is 11.1. The fourth-order valence-corrected chi connectivity index (χ4v) is 1.14. The summed E-state index contributed by atoms with van der Waals surface area (Å²) in [6.07, 6.45) is 0. The molecule has 0 fully saturated rings. The van der Waals surface area contributed by atoms with Crippen molar-refractivity contribution in [2.75, 3.05) is 0 Å². The normalized spacial score (nSPS) is 12.5. The van der Waals surface area contributed by atoms with Gasteiger partial charge in [0.15, 0.2) is 0 Å². The van der Waals surface area contributed by atoms with Gasteiger partial charge in [-0.3, -0.25) is 4.79 Å². The van der Waals surface area contributed by atoms with E-state index in [9.17, 15) is 9.90 Å². The molecule has 0 aliphatic carbocycles. The first-order chi connectivity index (χ1) is 6.02. The van der Waals surface area contributed by atoms with Crippen molar-refractivity contribution in [1.29, 1.82) is 0 Å². The average molecular weight is 199 g/mol. The van der Waals surface area contributed by atoms with Crippen molar-refractivity contribution in [3.63, 3.8) is 0 Å². The van der Waals surface area contributed by atoms with E-state index in [4.69, 9.17) is 10.8 Å². The first kappa shape index (κ1) is 9.88. The van der Waals surface area contributed by atoms with Crippen molar-refractivity contribution >= 4 is 18.6 Å². The van der Waals surface area contributed by atoms with Crippen molar-refractivity contribution < 1.29 is 15.0 Å². The van der Waals surface area contributed by atoms with Crippen molar-refractivity contribution in [3.8, 4) is 5.75 Å². The highest BCUT2D eigenvalue weighted by Gasteiger charge is 2.17. The molecule has 0 saturated heterocycles. The summed E-state index contributed by atoms with van der Waals surface area (Å²) < 4.78 is 0. The van der Waals surface area contributed by atoms with E-state index in [1.54, 1.807) is 6.07 Å². The molecule has 0 heterocycles. The smallest absolute Gasteiger partial charge is 0.325 e. The highest BCUT2D eigenvalue weighted by molar-refractivity contribution is 7.80. The molecular formula is C8H9NO3S. The van der Waals surface area contributed by atoms with Crippen LogP contribution in [0.25, 0.3) is 0 Å². The van der Waals surface area contributed by atoms with Crippen LogP contribution >= 0.6 is 12.6 Å². The van der Waals surface area contributed by atoms with Crippen molar-refractivity contribution in [1.82, 2.24) is 0 Å². The van der Waals surface area contributed by atoms with Crippen LogP contribution in [0.1, 0.15) is 11.6 Å². The molecule has 1 atom stereocenters. The summed E-state index contributed by atoms with van der Waals surface area (Å²) in [6.45, 7) is 0. The summed E-state index contributed by atoms with van der Waals surface area (Å²) in [5.41, 5.74) is 5.48. The number of aromatic hydroxyl groups is 1. The van der Waals surface area contributed by atoms with E-state index in [0.29, 0.717) is 4.90 Å². The zero-order chi connectivity index (χ0) is 10.0. The highest BCUT2D eigenvalue weighted by atomic mass is 32.1. The van der Waals surface area contributed by atoms with E-state index < -0.39 is 12.0 Å². The third-order valence-electron chi connectivity index (χ3n) is 1.61. The molecule has 0 aliphatic rings. The summed E-state index contributed by atoms with van der Waals surface area (Å²) in [5.74, 6) is -1.32. The number of phenols is 1. The number of hydrogen-bond acceptors (Lipinski definition) is 4. The number of thiol groups is 1. The van der Waals surface area contributed by atoms with Crippen molar-refractivity contribution in [2.45, 2.75) is 10.9 Å². The number of hydrogen-bond donors (Lipinski definition) is 4. The van der Waals surface area contributed by atoms with Gasteiger partial charge in [-0.15, -0.1) is 12.6 Å². The molecular weight excluding hydrogens is 190 g/mol. The number of carbonyl (C=O) groups is 1. The van der Waals surface area contributed by atoms with Gasteiger partial charge < -0.3 is 15.9 Å². The molecule has 5 heteroatoms. The number of benzene rings is 1. The lowest BCUT2D eigenvalue weighted by molar-refractivity contribution is -0.138. The van der Waals surface area contributed by atoms with Crippen LogP contribution in [0, 0.1) is 0 Å². The maximum absolute atomic E-state index is 10.5. The van der Waals surface area contributed by atoms with E-state index >= 15 is 0 Å². The predicted molar refractivity (Wildman–Crippen MR) is 49.9 cm³/mol. The Morgan fingerprint density at radius 3 is 2.69 bits per heavy atom. The molecule has 0 aliphatic heterocycles. The standard InChI is InChI=1S/C8H9NO3S/c9-7(8(11)12)5-3-4(13)1-2-6(5)10/h1-3,7,10,13H,9H2,(H,11,12)/t7-/m0/s1. The summed E-state index contributed by atoms with van der Waals surface area (Å²) in [6, 6.07) is 3.13. The number of carboxylic acid groups (broad SMARTS) is 1. The average Bonchev–Trinajstić information content (AvgIpc) is 2.08. The minimum atomic E-state index is -1.22. The lowest BCUT2D eigenvalue weighted by Crippen LogP contribution is -2.20. The Hall–Kier alpha value is -1.20. The topological polar surface area (TPSA) is 83.6 Å². The maximum atomic E-state index is 10.5. The van der Waals surface area contributed by atoms with E-state index in [1.807, 2.05) is 0 Å². The second-order valence-corrected chi connectivity index (χ2v) is 3.08. The van der Waals surface area contributed by atoms with Gasteiger partial charge in [0.25, 0.3) is 0 Å². The third kappa shape index (κ3) is 2.13. The van der Waals surface area contributed by atoms with Gasteiger partial charge in [0.1, 0.15) is 11.8 Å². The lowest BCUT2D eigenvalue weighted by atomic mass is 10.1. The maximum Gasteiger partial charge on any atom is 0.325 e. The molecule has 0 spiro atoms. The summed E-state index contributed by atoms with van der Waals surface area (Å²) in [7, 11) is 0. The Morgan fingerprint density at radius 1 is 1.54 bits per heavy atom. The molecule has 0 radical (unpaired) electrons. The molecule has 13 heavy (non-hydrogen) atoms. The van der Waals surface area contributed by atoms with Crippen LogP contribution in [-0.4, -0.2) is 16.2 Å². The minimum absolute atomic E-state index is 0.132. The Labute approximate surface area is 80.4 Å². The zero-order valence-corrected chi connectivity index (χ0v) is 7.53. The van der Waals surface area contributed by atoms with Gasteiger partial charge in [-0.2, -0.15) is 0 Å². The molecule has 0 unspecified atom stereocenters. The fourth-order valence-electron chi connectivity index (χ4n) is 0.924. The lowest BCUT2D eigenvalue weighted by Gasteiger charge is -2.09. The first-order valence-corrected chi connectivity index (χ1v) is 3.97. The van der Waals surface area contributed by atoms with Gasteiger partial charge in [-0.25, -0.2) is 0 Å². The van der Waals surface area contributed by atoms with Crippen LogP contribution < -0.4 is 5.73 Å². The summed E-state index contributed by atoms with van der Waals surface area (Å²) >= 11 is 4.00. The molecule has 1 aromatic rings. The van der Waals surface area contributed by atoms with Crippen LogP contribution in [0.4, 0.5) is 0 Å². The highest BCUT2D eigenvalue weighted by Crippen LogP contribution is 2.25. The molecule has 70 valence electrons. The molecule has 1 aromatic carbocycles. The fraction of sp³-hybridized carbons (Fsp3) is 0.125. The zero-order valence-electron chi connectivity index (χ0n) is 6.64. The molecule has 4 nitrogen and oxygen atoms in total. The monoisotopic (exact) mass is 199 g/mol. The molecule has 1 rings (SSSR count). The quantitative estimate of drug-likeness (QED) is 0.530. The van der Waals surface area contributed by atoms with Crippen molar-refractivity contribution in [2.24, 2.45) is 5.73 Å². The number of carboxylic acids is 1. The molecule has 0 aromatic heterocycles. The number of rotatable bonds is 2. The van der Waals surface area contributed by atoms with Gasteiger partial charge >= 0.3 is 5.97 Å². The number of phenolic OH excluding ortho intramolecular Hbond substituents is 1. The van der Waals surface area contributed by atoms with Crippen LogP contribution in [0.3, 0.4) is 0 Å². The van der Waals surface area contributed by atoms with E-state index in [2.05, 4.69) is 12.6 Å². The second kappa shape index (κ2) is 3.68. The predicted octanol–water partition coefficient (Wildman–Crippen LogP) is 0.765. The van der Waals surface area contributed by atoms with Crippen LogP contribution in [0.2, 0.25) is 0 Å². The Balaban J connectivity index is 3.12. The van der Waals surface area contributed by atoms with Gasteiger partial charge in [0.2, 0.25) is 0 Å². The van der Waals surface area contributed by atoms with Gasteiger partial charge in [0.05, 0.1) is 0 Å². The molecule has 4 N–H and O–H groups in total. The Kier molecular flexibility index (Phi) is 2.79. The summed E-state index contributed by atoms with van der Waals surface area (Å²) in [5, 5.41) is 17.9. The van der Waals surface area contributed by atoms with Crippen LogP contribution in [-0.2, 0) is 4.79 Å². The second-order valence-electron chi connectivity index (χ2n) is 2.56. The minimum Gasteiger partial charge on any atom is -0.508 e. The Morgan fingerprint density at radius 2 is 2.15 bits per heavy atom. The van der Waals surface area contributed by atoms with Gasteiger partial charge in [0, 0.05) is 10.5 Å². The largest absolute Gasteiger partial charge is 0.508 e. The molecule has 0 bridgehead atoms. The van der Waals surface area contributed by atoms with Crippen LogP contribution in [0.5, 0.6) is 5.75 Å². The van der Waals surface area contributed by atoms with Gasteiger partial charge in [-0.1, -0.05) is 0 Å². The third-order valence-corrected chi connectivity index (χ3v) is 1.89. The SMILES string of the molecule is N[C@H](C(=O)O)c1cc(S)ccc1O. The molecule has 0 amide bonds. The molecule has 0 saturated carbocycles. The number of aliphatic carboxylic acids is 1. The van der Waals surface area contributed by atoms with E-state index in [0.717, 1.165) is 0 Å². The Bertz CT molecular complexity index is 340. The number of nitrogens with two attached hydrogens (primary N) is 1. The van der Waals surface area contributed by atoms with E-state index in [-0.39, 0.29) is 11.3 Å². The van der Waals surface area contributed by atoms with Crippen molar-refractivity contribution in [3.05, 3.63) is 23.8 Å². The van der Waals surface area contributed by atoms with E-state index in [1.165, 1.54) is 12.1 Å². The first-order valence-electron chi connectivity index (χ1n) is 3.52. The van der Waals surface area contributed by atoms with Gasteiger partial charge in [-0.05, 0) is 18.2 Å². The van der Waals surface area contributed by atoms with Crippen LogP contribution in [0.15, 0.2) is 23.1 Å².